The number of nitrogens with zero attached hydrogens (tertiary/aromatic N) is 2. The van der Waals surface area contributed by atoms with Crippen molar-refractivity contribution >= 4 is 34.6 Å². The number of H-pyrrole nitrogens is 1. The van der Waals surface area contributed by atoms with Crippen molar-refractivity contribution in [3.05, 3.63) is 41.2 Å². The molecule has 3 rings (SSSR count). The van der Waals surface area contributed by atoms with E-state index < -0.39 is 0 Å². The molecule has 0 atom stereocenters. The number of aromatic nitrogens is 3. The van der Waals surface area contributed by atoms with Crippen LogP contribution in [0.4, 0.5) is 11.6 Å². The Hall–Kier alpha value is -2.58. The molecule has 0 amide bonds. The van der Waals surface area contributed by atoms with Crippen LogP contribution in [0.1, 0.15) is 0 Å². The number of phenolic OH excluding ortho intramolecular Hbond substituents is 1. The van der Waals surface area contributed by atoms with Crippen molar-refractivity contribution in [2.45, 2.75) is 0 Å². The Kier molecular flexibility index (Phi) is 3.01. The Morgan fingerprint density at radius 3 is 2.85 bits per heavy atom. The average Bonchev–Trinajstić information content (AvgIpc) is 2.82. The summed E-state index contributed by atoms with van der Waals surface area (Å²) in [5, 5.41) is 18.4. The molecule has 1 heterocycles. The molecular weight excluding hydrogens is 276 g/mol. The number of fused-ring (bicyclic) bond motifs is 1. The summed E-state index contributed by atoms with van der Waals surface area (Å²) in [5.41, 5.74) is 5.95. The number of aromatic hydroxyl groups is 1. The Bertz CT molecular complexity index is 824. The molecule has 0 saturated carbocycles. The molecule has 2 aromatic carbocycles. The van der Waals surface area contributed by atoms with Gasteiger partial charge < -0.3 is 5.11 Å². The maximum atomic E-state index is 10.1. The molecule has 6 N–H and O–H groups in total. The largest absolute Gasteiger partial charge is 0.506 e. The third kappa shape index (κ3) is 1.96. The minimum atomic E-state index is 0.106. The molecule has 0 unspecified atom stereocenters. The van der Waals surface area contributed by atoms with Gasteiger partial charge in [0.15, 0.2) is 0 Å². The molecule has 20 heavy (non-hydrogen) atoms. The van der Waals surface area contributed by atoms with E-state index in [2.05, 4.69) is 21.0 Å². The number of hydrogen-bond acceptors (Lipinski definition) is 6. The number of benzene rings is 2. The summed E-state index contributed by atoms with van der Waals surface area (Å²) in [7, 11) is 0. The standard InChI is InChI=1S/C12H12N6OS/c13-14-11-15-16-12(20)18(11)17-10-8-4-2-1-3-7(8)5-6-9(10)19/h1-6,17,19H,13H2,(H,14,15)(H,16,20). The Labute approximate surface area is 119 Å². The van der Waals surface area contributed by atoms with Crippen LogP contribution >= 0.6 is 12.2 Å². The monoisotopic (exact) mass is 288 g/mol. The maximum Gasteiger partial charge on any atom is 0.256 e. The van der Waals surface area contributed by atoms with Gasteiger partial charge in [0.05, 0.1) is 0 Å². The molecule has 0 aliphatic rings. The summed E-state index contributed by atoms with van der Waals surface area (Å²) in [6, 6.07) is 11.1. The van der Waals surface area contributed by atoms with Crippen LogP contribution in [0.5, 0.6) is 5.75 Å². The van der Waals surface area contributed by atoms with Crippen molar-refractivity contribution in [3.8, 4) is 5.75 Å². The van der Waals surface area contributed by atoms with Crippen molar-refractivity contribution in [2.24, 2.45) is 5.84 Å². The fraction of sp³-hybridized carbons (Fsp3) is 0. The smallest absolute Gasteiger partial charge is 0.256 e. The second-order valence-corrected chi connectivity index (χ2v) is 4.51. The van der Waals surface area contributed by atoms with E-state index in [0.29, 0.717) is 16.4 Å². The van der Waals surface area contributed by atoms with Gasteiger partial charge >= 0.3 is 0 Å². The van der Waals surface area contributed by atoms with E-state index in [1.54, 1.807) is 6.07 Å². The van der Waals surface area contributed by atoms with Gasteiger partial charge in [0.1, 0.15) is 11.4 Å². The van der Waals surface area contributed by atoms with Crippen LogP contribution < -0.4 is 16.7 Å². The Morgan fingerprint density at radius 1 is 1.25 bits per heavy atom. The molecule has 0 saturated heterocycles. The highest BCUT2D eigenvalue weighted by Gasteiger charge is 2.10. The first kappa shape index (κ1) is 12.5. The number of phenols is 1. The number of hydrogen-bond donors (Lipinski definition) is 5. The maximum absolute atomic E-state index is 10.1. The van der Waals surface area contributed by atoms with E-state index in [4.69, 9.17) is 18.1 Å². The van der Waals surface area contributed by atoms with Crippen LogP contribution in [0, 0.1) is 4.77 Å². The number of anilines is 2. The Morgan fingerprint density at radius 2 is 2.05 bits per heavy atom. The molecule has 0 fully saturated rings. The lowest BCUT2D eigenvalue weighted by molar-refractivity contribution is 0.477. The van der Waals surface area contributed by atoms with Crippen LogP contribution in [0.2, 0.25) is 0 Å². The van der Waals surface area contributed by atoms with Crippen molar-refractivity contribution < 1.29 is 5.11 Å². The van der Waals surface area contributed by atoms with Gasteiger partial charge in [-0.25, -0.2) is 10.9 Å². The third-order valence-electron chi connectivity index (χ3n) is 2.93. The van der Waals surface area contributed by atoms with Gasteiger partial charge in [-0.2, -0.15) is 4.68 Å². The van der Waals surface area contributed by atoms with E-state index in [0.717, 1.165) is 10.8 Å². The van der Waals surface area contributed by atoms with Gasteiger partial charge in [0, 0.05) is 5.39 Å². The molecule has 1 aromatic heterocycles. The van der Waals surface area contributed by atoms with Crippen LogP contribution in [-0.4, -0.2) is 20.0 Å². The van der Waals surface area contributed by atoms with Crippen molar-refractivity contribution in [2.75, 3.05) is 10.9 Å². The zero-order chi connectivity index (χ0) is 14.1. The number of nitrogens with one attached hydrogen (secondary N) is 3. The summed E-state index contributed by atoms with van der Waals surface area (Å²) in [5.74, 6) is 5.78. The number of rotatable bonds is 3. The molecule has 0 aliphatic carbocycles. The predicted molar refractivity (Wildman–Crippen MR) is 79.9 cm³/mol. The molecule has 102 valence electrons. The summed E-state index contributed by atoms with van der Waals surface area (Å²) in [6.07, 6.45) is 0. The van der Waals surface area contributed by atoms with Crippen molar-refractivity contribution in [1.29, 1.82) is 0 Å². The zero-order valence-electron chi connectivity index (χ0n) is 10.3. The summed E-state index contributed by atoms with van der Waals surface area (Å²) >= 11 is 5.11. The Balaban J connectivity index is 2.17. The summed E-state index contributed by atoms with van der Waals surface area (Å²) in [6.45, 7) is 0. The van der Waals surface area contributed by atoms with E-state index in [1.807, 2.05) is 30.3 Å². The summed E-state index contributed by atoms with van der Waals surface area (Å²) in [4.78, 5) is 0. The minimum Gasteiger partial charge on any atom is -0.506 e. The zero-order valence-corrected chi connectivity index (χ0v) is 11.1. The quantitative estimate of drug-likeness (QED) is 0.218. The van der Waals surface area contributed by atoms with E-state index >= 15 is 0 Å². The average molecular weight is 288 g/mol. The van der Waals surface area contributed by atoms with Gasteiger partial charge in [-0.3, -0.25) is 10.9 Å². The third-order valence-corrected chi connectivity index (χ3v) is 3.21. The molecule has 7 nitrogen and oxygen atoms in total. The normalized spacial score (nSPS) is 10.7. The van der Waals surface area contributed by atoms with Gasteiger partial charge in [0.2, 0.25) is 4.77 Å². The number of aromatic amines is 1. The molecule has 0 aliphatic heterocycles. The fourth-order valence-corrected chi connectivity index (χ4v) is 2.16. The second kappa shape index (κ2) is 4.83. The second-order valence-electron chi connectivity index (χ2n) is 4.12. The molecule has 0 spiro atoms. The van der Waals surface area contributed by atoms with Gasteiger partial charge in [-0.05, 0) is 23.7 Å². The molecule has 3 aromatic rings. The van der Waals surface area contributed by atoms with Crippen molar-refractivity contribution in [1.82, 2.24) is 14.9 Å². The van der Waals surface area contributed by atoms with E-state index in [9.17, 15) is 5.11 Å². The number of hydrazine groups is 1. The number of nitrogen functional groups attached to an aromatic ring is 1. The van der Waals surface area contributed by atoms with Crippen molar-refractivity contribution in [3.63, 3.8) is 0 Å². The number of nitrogens with two attached hydrogens (primary N) is 1. The lowest BCUT2D eigenvalue weighted by Crippen LogP contribution is -2.18. The first-order valence-electron chi connectivity index (χ1n) is 5.82. The van der Waals surface area contributed by atoms with Gasteiger partial charge in [-0.1, -0.05) is 30.3 Å². The highest BCUT2D eigenvalue weighted by Crippen LogP contribution is 2.32. The first-order valence-corrected chi connectivity index (χ1v) is 6.23. The van der Waals surface area contributed by atoms with Crippen LogP contribution in [0.25, 0.3) is 10.8 Å². The van der Waals surface area contributed by atoms with Crippen LogP contribution in [0.15, 0.2) is 36.4 Å². The SMILES string of the molecule is NNc1n[nH]c(=S)n1Nc1c(O)ccc2ccccc12. The molecular formula is C12H12N6OS. The predicted octanol–water partition coefficient (Wildman–Crippen LogP) is 1.96. The molecule has 0 radical (unpaired) electrons. The molecule has 8 heteroatoms. The fourth-order valence-electron chi connectivity index (χ4n) is 1.99. The topological polar surface area (TPSA) is 104 Å². The van der Waals surface area contributed by atoms with Crippen LogP contribution in [0.3, 0.4) is 0 Å². The van der Waals surface area contributed by atoms with Gasteiger partial charge in [0.25, 0.3) is 5.95 Å². The summed E-state index contributed by atoms with van der Waals surface area (Å²) < 4.78 is 1.77. The van der Waals surface area contributed by atoms with E-state index in [1.165, 1.54) is 4.68 Å². The minimum absolute atomic E-state index is 0.106. The van der Waals surface area contributed by atoms with Crippen LogP contribution in [-0.2, 0) is 0 Å². The first-order chi connectivity index (χ1) is 9.70. The highest BCUT2D eigenvalue weighted by atomic mass is 32.1. The van der Waals surface area contributed by atoms with E-state index in [-0.39, 0.29) is 5.75 Å². The van der Waals surface area contributed by atoms with Gasteiger partial charge in [-0.15, -0.1) is 5.10 Å². The molecule has 0 bridgehead atoms. The lowest BCUT2D eigenvalue weighted by Gasteiger charge is -2.13. The highest BCUT2D eigenvalue weighted by molar-refractivity contribution is 7.71. The lowest BCUT2D eigenvalue weighted by atomic mass is 10.1.